The van der Waals surface area contributed by atoms with Crippen molar-refractivity contribution in [1.82, 2.24) is 29.7 Å². The highest BCUT2D eigenvalue weighted by Gasteiger charge is 2.29. The zero-order valence-corrected chi connectivity index (χ0v) is 17.0. The number of imidazole rings is 1. The molecule has 1 unspecified atom stereocenters. The van der Waals surface area contributed by atoms with Crippen molar-refractivity contribution in [3.63, 3.8) is 0 Å². The van der Waals surface area contributed by atoms with E-state index >= 15 is 0 Å². The molecule has 1 amide bonds. The molecule has 0 bridgehead atoms. The van der Waals surface area contributed by atoms with Gasteiger partial charge in [-0.05, 0) is 26.2 Å². The third kappa shape index (κ3) is 3.78. The molecule has 1 atom stereocenters. The Morgan fingerprint density at radius 2 is 2.00 bits per heavy atom. The number of amides is 1. The minimum atomic E-state index is -0.380. The lowest BCUT2D eigenvalue weighted by molar-refractivity contribution is 0.102. The van der Waals surface area contributed by atoms with Gasteiger partial charge in [0.25, 0.3) is 11.8 Å². The number of hydrogen-bond acceptors (Lipinski definition) is 8. The second kappa shape index (κ2) is 7.52. The van der Waals surface area contributed by atoms with Gasteiger partial charge < -0.3 is 20.3 Å². The number of fused-ring (bicyclic) bond motifs is 1. The van der Waals surface area contributed by atoms with E-state index in [1.165, 1.54) is 26.1 Å². The van der Waals surface area contributed by atoms with Crippen LogP contribution in [0.25, 0.3) is 5.65 Å². The third-order valence-corrected chi connectivity index (χ3v) is 5.39. The number of aromatic nitrogens is 5. The molecule has 1 saturated heterocycles. The molecule has 2 fully saturated rings. The van der Waals surface area contributed by atoms with Crippen LogP contribution in [0.2, 0.25) is 0 Å². The molecular formula is C20H24N8O2. The van der Waals surface area contributed by atoms with Gasteiger partial charge in [-0.3, -0.25) is 9.20 Å². The smallest absolute Gasteiger partial charge is 0.277 e. The highest BCUT2D eigenvalue weighted by Crippen LogP contribution is 2.24. The highest BCUT2D eigenvalue weighted by molar-refractivity contribution is 6.02. The average molecular weight is 408 g/mol. The van der Waals surface area contributed by atoms with E-state index in [2.05, 4.69) is 35.5 Å². The zero-order chi connectivity index (χ0) is 20.7. The zero-order valence-electron chi connectivity index (χ0n) is 17.0. The SMILES string of the molecule is COc1nc(NC(=O)c2cnc(N3CCC(NC4CC4)C3)cn2)cn2cc(C)nc12. The van der Waals surface area contributed by atoms with Crippen molar-refractivity contribution in [2.45, 2.75) is 38.3 Å². The number of nitrogens with one attached hydrogen (secondary N) is 2. The van der Waals surface area contributed by atoms with Gasteiger partial charge in [-0.25, -0.2) is 15.0 Å². The van der Waals surface area contributed by atoms with Gasteiger partial charge in [-0.2, -0.15) is 4.98 Å². The average Bonchev–Trinajstić information content (AvgIpc) is 3.29. The van der Waals surface area contributed by atoms with Crippen molar-refractivity contribution in [3.8, 4) is 5.88 Å². The van der Waals surface area contributed by atoms with Crippen molar-refractivity contribution in [2.24, 2.45) is 0 Å². The van der Waals surface area contributed by atoms with Crippen LogP contribution >= 0.6 is 0 Å². The molecule has 0 spiro atoms. The molecule has 1 aliphatic heterocycles. The summed E-state index contributed by atoms with van der Waals surface area (Å²) in [7, 11) is 1.52. The lowest BCUT2D eigenvalue weighted by Crippen LogP contribution is -2.34. The quantitative estimate of drug-likeness (QED) is 0.630. The molecule has 10 heteroatoms. The summed E-state index contributed by atoms with van der Waals surface area (Å²) < 4.78 is 7.06. The van der Waals surface area contributed by atoms with Gasteiger partial charge in [0.15, 0.2) is 5.82 Å². The molecule has 4 heterocycles. The van der Waals surface area contributed by atoms with Crippen molar-refractivity contribution in [2.75, 3.05) is 30.4 Å². The number of anilines is 2. The molecule has 30 heavy (non-hydrogen) atoms. The van der Waals surface area contributed by atoms with Gasteiger partial charge >= 0.3 is 0 Å². The second-order valence-electron chi connectivity index (χ2n) is 7.84. The largest absolute Gasteiger partial charge is 0.478 e. The van der Waals surface area contributed by atoms with Crippen LogP contribution < -0.4 is 20.3 Å². The number of methoxy groups -OCH3 is 1. The Balaban J connectivity index is 1.27. The van der Waals surface area contributed by atoms with Crippen LogP contribution in [0.3, 0.4) is 0 Å². The summed E-state index contributed by atoms with van der Waals surface area (Å²) in [6.45, 7) is 3.75. The Bertz CT molecular complexity index is 1080. The van der Waals surface area contributed by atoms with Gasteiger partial charge in [0.1, 0.15) is 11.5 Å². The Morgan fingerprint density at radius 1 is 1.13 bits per heavy atom. The topological polar surface area (TPSA) is 110 Å². The summed E-state index contributed by atoms with van der Waals surface area (Å²) >= 11 is 0. The number of hydrogen-bond donors (Lipinski definition) is 2. The second-order valence-corrected chi connectivity index (χ2v) is 7.84. The lowest BCUT2D eigenvalue weighted by Gasteiger charge is -2.17. The number of carbonyl (C=O) groups excluding carboxylic acids is 1. The number of carbonyl (C=O) groups is 1. The van der Waals surface area contributed by atoms with Crippen LogP contribution in [0.15, 0.2) is 24.8 Å². The van der Waals surface area contributed by atoms with Gasteiger partial charge in [0.2, 0.25) is 5.65 Å². The van der Waals surface area contributed by atoms with Crippen molar-refractivity contribution >= 4 is 23.2 Å². The summed E-state index contributed by atoms with van der Waals surface area (Å²) in [6.07, 6.45) is 10.4. The van der Waals surface area contributed by atoms with E-state index in [4.69, 9.17) is 4.74 Å². The fraction of sp³-hybridized carbons (Fsp3) is 0.450. The van der Waals surface area contributed by atoms with Crippen LogP contribution in [-0.4, -0.2) is 62.5 Å². The Kier molecular flexibility index (Phi) is 4.70. The fourth-order valence-corrected chi connectivity index (χ4v) is 3.76. The molecule has 3 aromatic rings. The first-order chi connectivity index (χ1) is 14.6. The van der Waals surface area contributed by atoms with Gasteiger partial charge in [-0.1, -0.05) is 0 Å². The van der Waals surface area contributed by atoms with Gasteiger partial charge in [0, 0.05) is 31.4 Å². The maximum atomic E-state index is 12.6. The molecule has 2 aliphatic rings. The normalized spacial score (nSPS) is 18.7. The summed E-state index contributed by atoms with van der Waals surface area (Å²) in [5, 5.41) is 6.41. The molecule has 2 N–H and O–H groups in total. The summed E-state index contributed by atoms with van der Waals surface area (Å²) in [5.74, 6) is 1.10. The van der Waals surface area contributed by atoms with Gasteiger partial charge in [-0.15, -0.1) is 0 Å². The standard InChI is InChI=1S/C20H24N8O2/c1-12-9-28-11-16(26-20(30-2)18(28)23-12)25-19(29)15-7-22-17(8-21-15)27-6-5-14(10-27)24-13-3-4-13/h7-9,11,13-14,24H,3-6,10H2,1-2H3,(H,25,29). The lowest BCUT2D eigenvalue weighted by atomic mass is 10.2. The summed E-state index contributed by atoms with van der Waals surface area (Å²) in [4.78, 5) is 32.3. The summed E-state index contributed by atoms with van der Waals surface area (Å²) in [5.41, 5.74) is 1.65. The van der Waals surface area contributed by atoms with Crippen LogP contribution in [0.5, 0.6) is 5.88 Å². The van der Waals surface area contributed by atoms with Crippen LogP contribution in [-0.2, 0) is 0 Å². The minimum absolute atomic E-state index is 0.230. The third-order valence-electron chi connectivity index (χ3n) is 5.39. The van der Waals surface area contributed by atoms with E-state index in [-0.39, 0.29) is 11.6 Å². The van der Waals surface area contributed by atoms with Crippen molar-refractivity contribution < 1.29 is 9.53 Å². The van der Waals surface area contributed by atoms with E-state index in [0.717, 1.165) is 31.0 Å². The molecular weight excluding hydrogens is 384 g/mol. The molecule has 0 aromatic carbocycles. The number of rotatable bonds is 6. The van der Waals surface area contributed by atoms with E-state index in [1.807, 2.05) is 13.1 Å². The monoisotopic (exact) mass is 408 g/mol. The Labute approximate surface area is 173 Å². The molecule has 1 aliphatic carbocycles. The molecule has 5 rings (SSSR count). The minimum Gasteiger partial charge on any atom is -0.478 e. The Morgan fingerprint density at radius 3 is 2.73 bits per heavy atom. The van der Waals surface area contributed by atoms with E-state index in [9.17, 15) is 4.79 Å². The number of nitrogens with zero attached hydrogens (tertiary/aromatic N) is 6. The molecule has 156 valence electrons. The van der Waals surface area contributed by atoms with E-state index in [1.54, 1.807) is 16.8 Å². The predicted octanol–water partition coefficient (Wildman–Crippen LogP) is 1.42. The Hall–Kier alpha value is -3.27. The van der Waals surface area contributed by atoms with Gasteiger partial charge in [0.05, 0.1) is 31.4 Å². The molecule has 1 saturated carbocycles. The van der Waals surface area contributed by atoms with E-state index in [0.29, 0.717) is 29.4 Å². The fourth-order valence-electron chi connectivity index (χ4n) is 3.76. The number of ether oxygens (including phenoxy) is 1. The molecule has 0 radical (unpaired) electrons. The van der Waals surface area contributed by atoms with Crippen LogP contribution in [0.4, 0.5) is 11.6 Å². The molecule has 3 aromatic heterocycles. The molecule has 10 nitrogen and oxygen atoms in total. The maximum absolute atomic E-state index is 12.6. The maximum Gasteiger partial charge on any atom is 0.277 e. The predicted molar refractivity (Wildman–Crippen MR) is 111 cm³/mol. The van der Waals surface area contributed by atoms with Crippen LogP contribution in [0.1, 0.15) is 35.4 Å². The first-order valence-electron chi connectivity index (χ1n) is 10.1. The first kappa shape index (κ1) is 18.7. The van der Waals surface area contributed by atoms with Crippen molar-refractivity contribution in [1.29, 1.82) is 0 Å². The van der Waals surface area contributed by atoms with Crippen molar-refractivity contribution in [3.05, 3.63) is 36.2 Å². The number of aryl methyl sites for hydroxylation is 1. The highest BCUT2D eigenvalue weighted by atomic mass is 16.5. The van der Waals surface area contributed by atoms with Crippen LogP contribution in [0, 0.1) is 6.92 Å². The summed E-state index contributed by atoms with van der Waals surface area (Å²) in [6, 6.07) is 1.20. The van der Waals surface area contributed by atoms with E-state index < -0.39 is 0 Å². The first-order valence-corrected chi connectivity index (χ1v) is 10.1.